The smallest absolute Gasteiger partial charge is 0.126 e. The number of hydrazone groups is 1. The van der Waals surface area contributed by atoms with Gasteiger partial charge in [0.25, 0.3) is 0 Å². The van der Waals surface area contributed by atoms with E-state index in [2.05, 4.69) is 35.7 Å². The van der Waals surface area contributed by atoms with Crippen molar-refractivity contribution < 1.29 is 0 Å². The number of nitrogens with two attached hydrogens (primary N) is 1. The summed E-state index contributed by atoms with van der Waals surface area (Å²) in [5.41, 5.74) is 13.7. The van der Waals surface area contributed by atoms with E-state index >= 15 is 0 Å². The van der Waals surface area contributed by atoms with E-state index < -0.39 is 0 Å². The second kappa shape index (κ2) is 8.00. The first-order chi connectivity index (χ1) is 14.0. The number of hydrogen-bond acceptors (Lipinski definition) is 4. The molecule has 0 aromatic heterocycles. The van der Waals surface area contributed by atoms with Gasteiger partial charge in [0, 0.05) is 11.3 Å². The first-order valence-electron chi connectivity index (χ1n) is 10.2. The summed E-state index contributed by atoms with van der Waals surface area (Å²) in [6.45, 7) is 10.4. The summed E-state index contributed by atoms with van der Waals surface area (Å²) in [5, 5.41) is 9.95. The molecule has 1 aromatic rings. The van der Waals surface area contributed by atoms with E-state index in [1.807, 2.05) is 49.4 Å². The number of hydrogen-bond donors (Lipinski definition) is 2. The molecule has 1 atom stereocenters. The highest BCUT2D eigenvalue weighted by atomic mass is 15.5. The molecular formula is C25H28N4. The van der Waals surface area contributed by atoms with Crippen molar-refractivity contribution in [2.24, 2.45) is 10.8 Å². The second-order valence-corrected chi connectivity index (χ2v) is 7.70. The quantitative estimate of drug-likeness (QED) is 0.712. The molecule has 2 aliphatic carbocycles. The minimum atomic E-state index is 0.328. The van der Waals surface area contributed by atoms with Gasteiger partial charge in [0.2, 0.25) is 0 Å². The summed E-state index contributed by atoms with van der Waals surface area (Å²) in [6.07, 6.45) is 13.2. The molecule has 29 heavy (non-hydrogen) atoms. The maximum Gasteiger partial charge on any atom is 0.126 e. The van der Waals surface area contributed by atoms with Crippen LogP contribution in [-0.2, 0) is 0 Å². The normalized spacial score (nSPS) is 21.7. The van der Waals surface area contributed by atoms with E-state index in [1.54, 1.807) is 5.01 Å². The van der Waals surface area contributed by atoms with Crippen LogP contribution < -0.4 is 11.1 Å². The molecule has 0 radical (unpaired) electrons. The summed E-state index contributed by atoms with van der Waals surface area (Å²) in [7, 11) is 0. The first-order valence-corrected chi connectivity index (χ1v) is 10.2. The van der Waals surface area contributed by atoms with Gasteiger partial charge in [-0.1, -0.05) is 55.6 Å². The van der Waals surface area contributed by atoms with E-state index in [9.17, 15) is 0 Å². The van der Waals surface area contributed by atoms with Gasteiger partial charge in [-0.05, 0) is 61.5 Å². The number of allylic oxidation sites excluding steroid dienone is 4. The predicted octanol–water partition coefficient (Wildman–Crippen LogP) is 4.88. The molecule has 148 valence electrons. The highest BCUT2D eigenvalue weighted by molar-refractivity contribution is 5.98. The zero-order chi connectivity index (χ0) is 20.4. The first kappa shape index (κ1) is 19.1. The van der Waals surface area contributed by atoms with Gasteiger partial charge in [-0.3, -0.25) is 0 Å². The minimum Gasteiger partial charge on any atom is -0.384 e. The summed E-state index contributed by atoms with van der Waals surface area (Å²) < 4.78 is 0. The fourth-order valence-electron chi connectivity index (χ4n) is 4.11. The van der Waals surface area contributed by atoms with Gasteiger partial charge in [-0.25, -0.2) is 5.01 Å². The molecule has 1 aromatic carbocycles. The predicted molar refractivity (Wildman–Crippen MR) is 121 cm³/mol. The molecule has 0 spiro atoms. The van der Waals surface area contributed by atoms with E-state index in [4.69, 9.17) is 5.73 Å². The lowest BCUT2D eigenvalue weighted by Crippen LogP contribution is -2.30. The average Bonchev–Trinajstić information content (AvgIpc) is 3.14. The van der Waals surface area contributed by atoms with E-state index in [-0.39, 0.29) is 0 Å². The third-order valence-corrected chi connectivity index (χ3v) is 5.65. The van der Waals surface area contributed by atoms with Gasteiger partial charge < -0.3 is 11.1 Å². The number of fused-ring (bicyclic) bond motifs is 1. The number of rotatable bonds is 5. The Kier molecular flexibility index (Phi) is 5.26. The van der Waals surface area contributed by atoms with Crippen LogP contribution in [0.3, 0.4) is 0 Å². The van der Waals surface area contributed by atoms with Crippen molar-refractivity contribution in [3.8, 4) is 0 Å². The van der Waals surface area contributed by atoms with Crippen LogP contribution in [0.1, 0.15) is 38.2 Å². The van der Waals surface area contributed by atoms with Crippen LogP contribution in [0.2, 0.25) is 0 Å². The molecule has 1 aliphatic heterocycles. The third kappa shape index (κ3) is 3.97. The van der Waals surface area contributed by atoms with E-state index in [0.29, 0.717) is 11.9 Å². The Labute approximate surface area is 173 Å². The summed E-state index contributed by atoms with van der Waals surface area (Å²) in [6, 6.07) is 10.4. The van der Waals surface area contributed by atoms with Gasteiger partial charge in [0.05, 0.1) is 17.5 Å². The average molecular weight is 385 g/mol. The van der Waals surface area contributed by atoms with Crippen molar-refractivity contribution in [1.82, 2.24) is 10.3 Å². The molecule has 1 saturated carbocycles. The molecule has 4 rings (SSSR count). The number of nitrogens with one attached hydrogen (secondary N) is 1. The van der Waals surface area contributed by atoms with Gasteiger partial charge in [-0.15, -0.1) is 0 Å². The zero-order valence-corrected chi connectivity index (χ0v) is 17.0. The lowest BCUT2D eigenvalue weighted by atomic mass is 9.98. The highest BCUT2D eigenvalue weighted by Crippen LogP contribution is 2.35. The van der Waals surface area contributed by atoms with Crippen LogP contribution in [0.4, 0.5) is 0 Å². The van der Waals surface area contributed by atoms with Crippen molar-refractivity contribution in [1.29, 1.82) is 0 Å². The molecule has 0 bridgehead atoms. The minimum absolute atomic E-state index is 0.328. The maximum atomic E-state index is 6.33. The zero-order valence-electron chi connectivity index (χ0n) is 17.0. The van der Waals surface area contributed by atoms with E-state index in [1.165, 1.54) is 11.1 Å². The van der Waals surface area contributed by atoms with Gasteiger partial charge in [-0.2, -0.15) is 5.10 Å². The molecule has 0 saturated heterocycles. The molecule has 1 heterocycles. The largest absolute Gasteiger partial charge is 0.384 e. The standard InChI is InChI=1S/C25H28N4/c1-17-15-22(18(2)27-24-14-13-21-11-7-8-12-23(21)24)16-25(26)29(17)28-19(3)20-9-5-4-6-10-20/h4-6,9-12,15-16,24,27H,1-2,7-8,13-14,26H2,3H3/b28-19+. The monoisotopic (exact) mass is 384 g/mol. The van der Waals surface area contributed by atoms with Crippen molar-refractivity contribution in [3.63, 3.8) is 0 Å². The highest BCUT2D eigenvalue weighted by Gasteiger charge is 2.27. The van der Waals surface area contributed by atoms with Crippen LogP contribution in [-0.4, -0.2) is 16.8 Å². The Balaban J connectivity index is 1.48. The number of benzene rings is 1. The van der Waals surface area contributed by atoms with Gasteiger partial charge >= 0.3 is 0 Å². The molecule has 3 aliphatic rings. The Morgan fingerprint density at radius 3 is 2.69 bits per heavy atom. The Bertz CT molecular complexity index is 989. The van der Waals surface area contributed by atoms with E-state index in [0.717, 1.165) is 53.9 Å². The SMILES string of the molecule is C=C(NC1CCC2=CCCC=C21)C1=CC(=C)N(/N=C(\C)c2ccccc2)C(N)=C1. The second-order valence-electron chi connectivity index (χ2n) is 7.70. The topological polar surface area (TPSA) is 53.6 Å². The third-order valence-electron chi connectivity index (χ3n) is 5.65. The summed E-state index contributed by atoms with van der Waals surface area (Å²) in [5.74, 6) is 0.537. The van der Waals surface area contributed by atoms with Gasteiger partial charge in [0.1, 0.15) is 5.82 Å². The molecule has 4 nitrogen and oxygen atoms in total. The number of nitrogens with zero attached hydrogens (tertiary/aromatic N) is 2. The van der Waals surface area contributed by atoms with Crippen LogP contribution in [0.5, 0.6) is 0 Å². The van der Waals surface area contributed by atoms with Crippen LogP contribution >= 0.6 is 0 Å². The van der Waals surface area contributed by atoms with Crippen molar-refractivity contribution in [3.05, 3.63) is 107 Å². The van der Waals surface area contributed by atoms with Gasteiger partial charge in [0.15, 0.2) is 0 Å². The Morgan fingerprint density at radius 1 is 1.17 bits per heavy atom. The molecule has 0 amide bonds. The van der Waals surface area contributed by atoms with Crippen LogP contribution in [0.15, 0.2) is 107 Å². The van der Waals surface area contributed by atoms with Crippen molar-refractivity contribution >= 4 is 5.71 Å². The molecule has 1 fully saturated rings. The Hall–Kier alpha value is -3.27. The van der Waals surface area contributed by atoms with Crippen molar-refractivity contribution in [2.75, 3.05) is 0 Å². The molecular weight excluding hydrogens is 356 g/mol. The van der Waals surface area contributed by atoms with Crippen LogP contribution in [0, 0.1) is 0 Å². The van der Waals surface area contributed by atoms with Crippen molar-refractivity contribution in [2.45, 2.75) is 38.6 Å². The summed E-state index contributed by atoms with van der Waals surface area (Å²) in [4.78, 5) is 0. The lowest BCUT2D eigenvalue weighted by Gasteiger charge is -2.27. The Morgan fingerprint density at radius 2 is 1.93 bits per heavy atom. The fraction of sp³-hybridized carbons (Fsp3) is 0.240. The molecule has 4 heteroatoms. The summed E-state index contributed by atoms with van der Waals surface area (Å²) >= 11 is 0. The van der Waals surface area contributed by atoms with Crippen LogP contribution in [0.25, 0.3) is 0 Å². The fourth-order valence-corrected chi connectivity index (χ4v) is 4.11. The molecule has 1 unspecified atom stereocenters. The lowest BCUT2D eigenvalue weighted by molar-refractivity contribution is 0.459. The molecule has 3 N–H and O–H groups in total. The maximum absolute atomic E-state index is 6.33.